The number of halogens is 2. The van der Waals surface area contributed by atoms with E-state index < -0.39 is 0 Å². The minimum atomic E-state index is 0.0152. The summed E-state index contributed by atoms with van der Waals surface area (Å²) >= 11 is 9.67. The molecule has 0 radical (unpaired) electrons. The summed E-state index contributed by atoms with van der Waals surface area (Å²) in [5, 5.41) is 0.519. The molecule has 0 unspecified atom stereocenters. The van der Waals surface area contributed by atoms with E-state index in [4.69, 9.17) is 11.6 Å². The smallest absolute Gasteiger partial charge is 0.256 e. The molecule has 0 atom stereocenters. The Balaban J connectivity index is 1.91. The summed E-state index contributed by atoms with van der Waals surface area (Å²) in [6.07, 6.45) is 0.848. The van der Waals surface area contributed by atoms with E-state index in [1.54, 1.807) is 0 Å². The zero-order valence-corrected chi connectivity index (χ0v) is 13.1. The summed E-state index contributed by atoms with van der Waals surface area (Å²) in [5.74, 6) is 0.0152. The van der Waals surface area contributed by atoms with E-state index in [1.165, 1.54) is 0 Å². The van der Waals surface area contributed by atoms with Gasteiger partial charge in [-0.15, -0.1) is 0 Å². The van der Waals surface area contributed by atoms with Crippen LogP contribution < -0.4 is 0 Å². The fraction of sp³-hybridized carbons (Fsp3) is 0.188. The zero-order valence-electron chi connectivity index (χ0n) is 10.8. The van der Waals surface area contributed by atoms with Crippen LogP contribution in [-0.4, -0.2) is 17.4 Å². The minimum absolute atomic E-state index is 0.0152. The number of amides is 1. The first-order valence-electron chi connectivity index (χ1n) is 6.47. The van der Waals surface area contributed by atoms with Crippen LogP contribution in [0.3, 0.4) is 0 Å². The molecule has 0 fully saturated rings. The van der Waals surface area contributed by atoms with Gasteiger partial charge in [-0.25, -0.2) is 0 Å². The lowest BCUT2D eigenvalue weighted by molar-refractivity contribution is 0.0727. The molecular weight excluding hydrogens is 338 g/mol. The highest BCUT2D eigenvalue weighted by Crippen LogP contribution is 2.32. The second kappa shape index (κ2) is 5.58. The van der Waals surface area contributed by atoms with Gasteiger partial charge in [0.1, 0.15) is 0 Å². The quantitative estimate of drug-likeness (QED) is 0.791. The number of rotatable bonds is 2. The van der Waals surface area contributed by atoms with E-state index in [9.17, 15) is 4.79 Å². The molecule has 0 aromatic heterocycles. The third-order valence-corrected chi connectivity index (χ3v) is 4.83. The molecule has 0 saturated carbocycles. The van der Waals surface area contributed by atoms with E-state index in [1.807, 2.05) is 47.4 Å². The van der Waals surface area contributed by atoms with Crippen molar-refractivity contribution in [2.45, 2.75) is 13.0 Å². The van der Waals surface area contributed by atoms with Crippen molar-refractivity contribution in [1.29, 1.82) is 0 Å². The molecule has 0 bridgehead atoms. The molecule has 0 saturated heterocycles. The maximum Gasteiger partial charge on any atom is 0.256 e. The first-order chi connectivity index (χ1) is 9.66. The lowest BCUT2D eigenvalue weighted by Gasteiger charge is -2.29. The summed E-state index contributed by atoms with van der Waals surface area (Å²) in [6.45, 7) is 1.36. The highest BCUT2D eigenvalue weighted by Gasteiger charge is 2.27. The third-order valence-electron chi connectivity index (χ3n) is 3.55. The zero-order chi connectivity index (χ0) is 14.1. The average molecular weight is 351 g/mol. The van der Waals surface area contributed by atoms with Crippen molar-refractivity contribution >= 4 is 33.4 Å². The second-order valence-corrected chi connectivity index (χ2v) is 6.09. The summed E-state index contributed by atoms with van der Waals surface area (Å²) in [5.41, 5.74) is 2.81. The van der Waals surface area contributed by atoms with Crippen LogP contribution in [0.5, 0.6) is 0 Å². The summed E-state index contributed by atoms with van der Waals surface area (Å²) in [7, 11) is 0. The predicted octanol–water partition coefficient (Wildman–Crippen LogP) is 4.30. The fourth-order valence-electron chi connectivity index (χ4n) is 2.50. The van der Waals surface area contributed by atoms with Crippen molar-refractivity contribution in [3.63, 3.8) is 0 Å². The number of hydrogen-bond acceptors (Lipinski definition) is 1. The van der Waals surface area contributed by atoms with Gasteiger partial charge in [-0.3, -0.25) is 4.79 Å². The Bertz CT molecular complexity index is 657. The molecule has 2 nitrogen and oxygen atoms in total. The monoisotopic (exact) mass is 349 g/mol. The van der Waals surface area contributed by atoms with E-state index in [0.717, 1.165) is 28.6 Å². The van der Waals surface area contributed by atoms with Crippen molar-refractivity contribution in [3.8, 4) is 0 Å². The Labute approximate surface area is 131 Å². The van der Waals surface area contributed by atoms with E-state index in [2.05, 4.69) is 15.9 Å². The average Bonchev–Trinajstić information content (AvgIpc) is 2.47. The molecule has 0 N–H and O–H groups in total. The van der Waals surface area contributed by atoms with Crippen LogP contribution in [0.1, 0.15) is 21.5 Å². The van der Waals surface area contributed by atoms with Crippen molar-refractivity contribution in [2.24, 2.45) is 0 Å². The van der Waals surface area contributed by atoms with Crippen molar-refractivity contribution < 1.29 is 4.79 Å². The molecule has 1 heterocycles. The van der Waals surface area contributed by atoms with Crippen molar-refractivity contribution in [1.82, 2.24) is 4.90 Å². The lowest BCUT2D eigenvalue weighted by Crippen LogP contribution is -2.37. The molecule has 0 aliphatic carbocycles. The normalized spacial score (nSPS) is 14.3. The Morgan fingerprint density at radius 1 is 1.15 bits per heavy atom. The molecular formula is C16H13BrClNO. The van der Waals surface area contributed by atoms with Gasteiger partial charge in [0.2, 0.25) is 0 Å². The van der Waals surface area contributed by atoms with Crippen molar-refractivity contribution in [2.75, 3.05) is 6.54 Å². The number of benzene rings is 2. The van der Waals surface area contributed by atoms with Gasteiger partial charge < -0.3 is 4.90 Å². The number of nitrogens with zero attached hydrogens (tertiary/aromatic N) is 1. The van der Waals surface area contributed by atoms with Crippen LogP contribution in [0.15, 0.2) is 46.9 Å². The summed E-state index contributed by atoms with van der Waals surface area (Å²) in [4.78, 5) is 14.5. The van der Waals surface area contributed by atoms with Gasteiger partial charge >= 0.3 is 0 Å². The highest BCUT2D eigenvalue weighted by molar-refractivity contribution is 9.10. The number of fused-ring (bicyclic) bond motifs is 1. The Hall–Kier alpha value is -1.32. The van der Waals surface area contributed by atoms with Crippen LogP contribution >= 0.6 is 27.5 Å². The van der Waals surface area contributed by atoms with E-state index in [0.29, 0.717) is 17.1 Å². The molecule has 1 amide bonds. The number of carbonyl (C=O) groups is 1. The second-order valence-electron chi connectivity index (χ2n) is 4.86. The summed E-state index contributed by atoms with van der Waals surface area (Å²) < 4.78 is 0.771. The maximum atomic E-state index is 12.6. The van der Waals surface area contributed by atoms with Crippen LogP contribution in [0.2, 0.25) is 5.02 Å². The molecule has 3 rings (SSSR count). The van der Waals surface area contributed by atoms with E-state index in [-0.39, 0.29) is 5.91 Å². The van der Waals surface area contributed by atoms with Gasteiger partial charge in [0.05, 0.1) is 10.6 Å². The third kappa shape index (κ3) is 2.48. The van der Waals surface area contributed by atoms with Gasteiger partial charge in [0.15, 0.2) is 0 Å². The molecule has 2 aromatic rings. The first-order valence-corrected chi connectivity index (χ1v) is 7.64. The number of hydrogen-bond donors (Lipinski definition) is 0. The van der Waals surface area contributed by atoms with Gasteiger partial charge in [-0.1, -0.05) is 48.0 Å². The molecule has 4 heteroatoms. The van der Waals surface area contributed by atoms with Crippen molar-refractivity contribution in [3.05, 3.63) is 68.7 Å². The SMILES string of the molecule is O=C1c2c(ccc(Br)c2Cl)CCN1Cc1ccccc1. The molecule has 0 spiro atoms. The molecule has 1 aliphatic rings. The van der Waals surface area contributed by atoms with E-state index >= 15 is 0 Å². The minimum Gasteiger partial charge on any atom is -0.334 e. The topological polar surface area (TPSA) is 20.3 Å². The maximum absolute atomic E-state index is 12.6. The Morgan fingerprint density at radius 3 is 2.65 bits per heavy atom. The van der Waals surface area contributed by atoms with Crippen LogP contribution in [0, 0.1) is 0 Å². The fourth-order valence-corrected chi connectivity index (χ4v) is 3.10. The molecule has 102 valence electrons. The Kier molecular flexibility index (Phi) is 3.81. The van der Waals surface area contributed by atoms with Crippen LogP contribution in [0.25, 0.3) is 0 Å². The van der Waals surface area contributed by atoms with Gasteiger partial charge in [0.25, 0.3) is 5.91 Å². The van der Waals surface area contributed by atoms with Gasteiger partial charge in [-0.05, 0) is 39.5 Å². The van der Waals surface area contributed by atoms with Crippen LogP contribution in [0.4, 0.5) is 0 Å². The standard InChI is InChI=1S/C16H13BrClNO/c17-13-7-6-12-8-9-19(16(20)14(12)15(13)18)10-11-4-2-1-3-5-11/h1-7H,8-10H2. The predicted molar refractivity (Wildman–Crippen MR) is 84.0 cm³/mol. The molecule has 20 heavy (non-hydrogen) atoms. The largest absolute Gasteiger partial charge is 0.334 e. The Morgan fingerprint density at radius 2 is 1.90 bits per heavy atom. The van der Waals surface area contributed by atoms with Gasteiger partial charge in [-0.2, -0.15) is 0 Å². The molecule has 1 aliphatic heterocycles. The highest BCUT2D eigenvalue weighted by atomic mass is 79.9. The summed E-state index contributed by atoms with van der Waals surface area (Å²) in [6, 6.07) is 13.9. The number of carbonyl (C=O) groups excluding carboxylic acids is 1. The first kappa shape index (κ1) is 13.7. The van der Waals surface area contributed by atoms with Gasteiger partial charge in [0, 0.05) is 17.6 Å². The van der Waals surface area contributed by atoms with Crippen LogP contribution in [-0.2, 0) is 13.0 Å². The molecule has 2 aromatic carbocycles. The lowest BCUT2D eigenvalue weighted by atomic mass is 9.98.